The van der Waals surface area contributed by atoms with E-state index in [-0.39, 0.29) is 11.8 Å². The number of ether oxygens (including phenoxy) is 1. The summed E-state index contributed by atoms with van der Waals surface area (Å²) in [6.07, 6.45) is 1.81. The zero-order chi connectivity index (χ0) is 15.9. The number of hydrogen-bond donors (Lipinski definition) is 2. The number of hydrogen-bond acceptors (Lipinski definition) is 5. The van der Waals surface area contributed by atoms with E-state index in [0.29, 0.717) is 4.90 Å². The lowest BCUT2D eigenvalue weighted by molar-refractivity contribution is -0.145. The average molecular weight is 326 g/mol. The van der Waals surface area contributed by atoms with E-state index in [0.717, 1.165) is 24.6 Å². The van der Waals surface area contributed by atoms with Crippen molar-refractivity contribution < 1.29 is 23.5 Å². The Hall–Kier alpha value is -2.09. The first-order chi connectivity index (χ1) is 10.5. The number of carbonyl (C=O) groups excluding carboxylic acids is 3. The number of esters is 1. The van der Waals surface area contributed by atoms with E-state index in [1.807, 2.05) is 0 Å². The molecule has 6 nitrogen and oxygen atoms in total. The molecule has 2 rings (SSSR count). The molecule has 1 saturated carbocycles. The molecule has 1 aromatic rings. The van der Waals surface area contributed by atoms with Crippen LogP contribution in [0.1, 0.15) is 12.8 Å². The third-order valence-electron chi connectivity index (χ3n) is 2.71. The molecule has 0 aliphatic heterocycles. The van der Waals surface area contributed by atoms with Crippen LogP contribution in [0, 0.1) is 5.82 Å². The van der Waals surface area contributed by atoms with Crippen molar-refractivity contribution in [2.45, 2.75) is 23.8 Å². The van der Waals surface area contributed by atoms with Gasteiger partial charge in [-0.15, -0.1) is 11.8 Å². The SMILES string of the molecule is O=C(COC(=O)CSc1ccccc1F)NC(=O)NC1CC1. The predicted molar refractivity (Wildman–Crippen MR) is 77.8 cm³/mol. The minimum Gasteiger partial charge on any atom is -0.455 e. The van der Waals surface area contributed by atoms with Crippen molar-refractivity contribution in [2.75, 3.05) is 12.4 Å². The fourth-order valence-electron chi connectivity index (χ4n) is 1.50. The Kier molecular flexibility index (Phi) is 5.76. The van der Waals surface area contributed by atoms with Crippen molar-refractivity contribution in [3.8, 4) is 0 Å². The van der Waals surface area contributed by atoms with Gasteiger partial charge in [-0.3, -0.25) is 14.9 Å². The third-order valence-corrected chi connectivity index (χ3v) is 3.73. The number of urea groups is 1. The summed E-state index contributed by atoms with van der Waals surface area (Å²) in [5, 5.41) is 4.62. The number of halogens is 1. The minimum absolute atomic E-state index is 0.123. The second-order valence-electron chi connectivity index (χ2n) is 4.68. The highest BCUT2D eigenvalue weighted by atomic mass is 32.2. The Morgan fingerprint density at radius 1 is 1.27 bits per heavy atom. The molecule has 1 aliphatic carbocycles. The molecule has 8 heteroatoms. The predicted octanol–water partition coefficient (Wildman–Crippen LogP) is 1.45. The maximum Gasteiger partial charge on any atom is 0.321 e. The summed E-state index contributed by atoms with van der Waals surface area (Å²) in [4.78, 5) is 34.4. The smallest absolute Gasteiger partial charge is 0.321 e. The van der Waals surface area contributed by atoms with E-state index in [4.69, 9.17) is 4.74 Å². The molecule has 2 N–H and O–H groups in total. The topological polar surface area (TPSA) is 84.5 Å². The average Bonchev–Trinajstić information content (AvgIpc) is 3.28. The molecule has 0 heterocycles. The van der Waals surface area contributed by atoms with Crippen molar-refractivity contribution in [1.82, 2.24) is 10.6 Å². The van der Waals surface area contributed by atoms with Crippen LogP contribution in [0.25, 0.3) is 0 Å². The fourth-order valence-corrected chi connectivity index (χ4v) is 2.24. The van der Waals surface area contributed by atoms with Gasteiger partial charge in [-0.2, -0.15) is 0 Å². The third kappa shape index (κ3) is 5.72. The number of nitrogens with one attached hydrogen (secondary N) is 2. The van der Waals surface area contributed by atoms with Crippen molar-refractivity contribution in [1.29, 1.82) is 0 Å². The molecule has 0 aromatic heterocycles. The summed E-state index contributed by atoms with van der Waals surface area (Å²) < 4.78 is 18.0. The number of imide groups is 1. The van der Waals surface area contributed by atoms with Crippen LogP contribution >= 0.6 is 11.8 Å². The molecule has 1 aromatic carbocycles. The minimum atomic E-state index is -0.706. The lowest BCUT2D eigenvalue weighted by atomic mass is 10.3. The highest BCUT2D eigenvalue weighted by Crippen LogP contribution is 2.21. The standard InChI is InChI=1S/C14H15FN2O4S/c15-10-3-1-2-4-11(10)22-8-13(19)21-7-12(18)17-14(20)16-9-5-6-9/h1-4,9H,5-8H2,(H2,16,17,18,20). The molecule has 3 amide bonds. The van der Waals surface area contributed by atoms with Crippen molar-refractivity contribution in [3.63, 3.8) is 0 Å². The van der Waals surface area contributed by atoms with Gasteiger partial charge in [0.2, 0.25) is 0 Å². The maximum atomic E-state index is 13.3. The van der Waals surface area contributed by atoms with Crippen LogP contribution in [0.4, 0.5) is 9.18 Å². The molecule has 0 bridgehead atoms. The van der Waals surface area contributed by atoms with E-state index >= 15 is 0 Å². The highest BCUT2D eigenvalue weighted by Gasteiger charge is 2.24. The van der Waals surface area contributed by atoms with E-state index < -0.39 is 30.3 Å². The molecule has 0 saturated heterocycles. The monoisotopic (exact) mass is 326 g/mol. The van der Waals surface area contributed by atoms with Gasteiger partial charge in [-0.25, -0.2) is 9.18 Å². The van der Waals surface area contributed by atoms with Gasteiger partial charge in [-0.1, -0.05) is 12.1 Å². The molecular formula is C14H15FN2O4S. The van der Waals surface area contributed by atoms with E-state index in [9.17, 15) is 18.8 Å². The number of carbonyl (C=O) groups is 3. The summed E-state index contributed by atoms with van der Waals surface area (Å²) in [5.74, 6) is -1.91. The summed E-state index contributed by atoms with van der Waals surface area (Å²) in [6, 6.07) is 5.58. The van der Waals surface area contributed by atoms with Gasteiger partial charge in [0.1, 0.15) is 5.82 Å². The lowest BCUT2D eigenvalue weighted by Crippen LogP contribution is -2.42. The van der Waals surface area contributed by atoms with Crippen LogP contribution in [0.15, 0.2) is 29.2 Å². The molecule has 1 aliphatic rings. The van der Waals surface area contributed by atoms with Crippen molar-refractivity contribution >= 4 is 29.7 Å². The first-order valence-electron chi connectivity index (χ1n) is 6.68. The second-order valence-corrected chi connectivity index (χ2v) is 5.69. The van der Waals surface area contributed by atoms with Gasteiger partial charge < -0.3 is 10.1 Å². The first kappa shape index (κ1) is 16.3. The van der Waals surface area contributed by atoms with E-state index in [1.165, 1.54) is 6.07 Å². The van der Waals surface area contributed by atoms with Crippen LogP contribution in [-0.4, -0.2) is 36.3 Å². The summed E-state index contributed by atoms with van der Waals surface area (Å²) in [7, 11) is 0. The summed E-state index contributed by atoms with van der Waals surface area (Å²) >= 11 is 0.977. The zero-order valence-corrected chi connectivity index (χ0v) is 12.5. The van der Waals surface area contributed by atoms with Gasteiger partial charge >= 0.3 is 12.0 Å². The Morgan fingerprint density at radius 2 is 2.00 bits per heavy atom. The van der Waals surface area contributed by atoms with E-state index in [1.54, 1.807) is 18.2 Å². The number of rotatable bonds is 6. The second kappa shape index (κ2) is 7.79. The maximum absolute atomic E-state index is 13.3. The van der Waals surface area contributed by atoms with Gasteiger partial charge in [0, 0.05) is 10.9 Å². The molecule has 0 unspecified atom stereocenters. The molecule has 118 valence electrons. The normalized spacial score (nSPS) is 13.3. The Bertz CT molecular complexity index is 578. The molecule has 0 spiro atoms. The fraction of sp³-hybridized carbons (Fsp3) is 0.357. The van der Waals surface area contributed by atoms with Crippen LogP contribution in [0.2, 0.25) is 0 Å². The number of amides is 3. The van der Waals surface area contributed by atoms with Gasteiger partial charge in [0.15, 0.2) is 6.61 Å². The van der Waals surface area contributed by atoms with Crippen LogP contribution in [-0.2, 0) is 14.3 Å². The summed E-state index contributed by atoms with van der Waals surface area (Å²) in [6.45, 7) is -0.547. The molecule has 22 heavy (non-hydrogen) atoms. The van der Waals surface area contributed by atoms with Crippen LogP contribution in [0.3, 0.4) is 0 Å². The number of benzene rings is 1. The van der Waals surface area contributed by atoms with Crippen LogP contribution < -0.4 is 10.6 Å². The quantitative estimate of drug-likeness (QED) is 0.610. The lowest BCUT2D eigenvalue weighted by Gasteiger charge is -2.07. The largest absolute Gasteiger partial charge is 0.455 e. The molecule has 0 atom stereocenters. The summed E-state index contributed by atoms with van der Waals surface area (Å²) in [5.41, 5.74) is 0. The first-order valence-corrected chi connectivity index (χ1v) is 7.66. The van der Waals surface area contributed by atoms with Crippen LogP contribution in [0.5, 0.6) is 0 Å². The zero-order valence-electron chi connectivity index (χ0n) is 11.6. The Labute approximate surface area is 130 Å². The molecule has 0 radical (unpaired) electrons. The number of thioether (sulfide) groups is 1. The van der Waals surface area contributed by atoms with Crippen molar-refractivity contribution in [2.24, 2.45) is 0 Å². The van der Waals surface area contributed by atoms with Crippen molar-refractivity contribution in [3.05, 3.63) is 30.1 Å². The molecular weight excluding hydrogens is 311 g/mol. The van der Waals surface area contributed by atoms with E-state index in [2.05, 4.69) is 10.6 Å². The Morgan fingerprint density at radius 3 is 2.68 bits per heavy atom. The van der Waals surface area contributed by atoms with Gasteiger partial charge in [-0.05, 0) is 25.0 Å². The van der Waals surface area contributed by atoms with Gasteiger partial charge in [0.25, 0.3) is 5.91 Å². The Balaban J connectivity index is 1.63. The van der Waals surface area contributed by atoms with Gasteiger partial charge in [0.05, 0.1) is 5.75 Å². The molecule has 1 fully saturated rings. The highest BCUT2D eigenvalue weighted by molar-refractivity contribution is 8.00.